The molecule has 0 fully saturated rings. The van der Waals surface area contributed by atoms with E-state index < -0.39 is 34.8 Å². The topological polar surface area (TPSA) is 81.7 Å². The predicted octanol–water partition coefficient (Wildman–Crippen LogP) is 6.52. The molecule has 0 aliphatic rings. The quantitative estimate of drug-likeness (QED) is 0.0793. The second-order valence-corrected chi connectivity index (χ2v) is 22.0. The fourth-order valence-corrected chi connectivity index (χ4v) is 13.9. The summed E-state index contributed by atoms with van der Waals surface area (Å²) in [6.45, 7) is 18.0. The fraction of sp³-hybridized carbons (Fsp3) is 0.639. The minimum absolute atomic E-state index is 0.00289. The minimum atomic E-state index is -2.82. The molecule has 0 aromatic heterocycles. The second-order valence-electron chi connectivity index (χ2n) is 13.0. The maximum absolute atomic E-state index is 13.1. The van der Waals surface area contributed by atoms with Crippen LogP contribution in [0.5, 0.6) is 0 Å². The number of methoxy groups -OCH3 is 2. The van der Waals surface area contributed by atoms with Crippen LogP contribution in [0.3, 0.4) is 0 Å². The number of esters is 1. The van der Waals surface area contributed by atoms with E-state index in [4.69, 9.17) is 32.5 Å². The van der Waals surface area contributed by atoms with Gasteiger partial charge in [0.2, 0.25) is 0 Å². The summed E-state index contributed by atoms with van der Waals surface area (Å²) in [5.41, 5.74) is 0. The molecule has 8 nitrogen and oxygen atoms in total. The minimum Gasteiger partial charge on any atom is -0.464 e. The van der Waals surface area contributed by atoms with Crippen LogP contribution >= 0.6 is 0 Å². The van der Waals surface area contributed by atoms with Crippen LogP contribution in [0.15, 0.2) is 60.7 Å². The van der Waals surface area contributed by atoms with E-state index >= 15 is 0 Å². The van der Waals surface area contributed by atoms with E-state index in [2.05, 4.69) is 109 Å². The molecule has 4 atom stereocenters. The molecule has 0 aliphatic carbocycles. The molecule has 0 aliphatic heterocycles. The van der Waals surface area contributed by atoms with E-state index in [1.165, 1.54) is 17.5 Å². The van der Waals surface area contributed by atoms with Crippen molar-refractivity contribution in [2.75, 3.05) is 41.0 Å². The maximum Gasteiger partial charge on any atom is 0.338 e. The van der Waals surface area contributed by atoms with Crippen LogP contribution in [0, 0.1) is 5.92 Å². The first-order valence-electron chi connectivity index (χ1n) is 16.8. The lowest BCUT2D eigenvalue weighted by molar-refractivity contribution is -0.197. The molecule has 0 N–H and O–H groups in total. The molecule has 2 rings (SSSR count). The molecule has 0 saturated heterocycles. The number of rotatable bonds is 22. The van der Waals surface area contributed by atoms with Gasteiger partial charge in [-0.3, -0.25) is 0 Å². The number of hydrogen-bond donors (Lipinski definition) is 0. The summed E-state index contributed by atoms with van der Waals surface area (Å²) in [5, 5.41) is 2.28. The van der Waals surface area contributed by atoms with Gasteiger partial charge in [-0.1, -0.05) is 109 Å². The second kappa shape index (κ2) is 19.8. The lowest BCUT2D eigenvalue weighted by atomic mass is 9.93. The highest BCUT2D eigenvalue weighted by molar-refractivity contribution is 6.99. The van der Waals surface area contributed by atoms with Gasteiger partial charge in [0.05, 0.1) is 19.3 Å². The molecule has 2 aromatic carbocycles. The van der Waals surface area contributed by atoms with Crippen LogP contribution in [0.2, 0.25) is 23.2 Å². The van der Waals surface area contributed by atoms with Gasteiger partial charge in [-0.25, -0.2) is 4.79 Å². The number of carbonyl (C=O) groups is 1. The van der Waals surface area contributed by atoms with Crippen LogP contribution in [0.25, 0.3) is 0 Å². The van der Waals surface area contributed by atoms with Crippen LogP contribution in [-0.2, 0) is 37.3 Å². The Morgan fingerprint density at radius 3 is 1.72 bits per heavy atom. The molecule has 46 heavy (non-hydrogen) atoms. The van der Waals surface area contributed by atoms with Gasteiger partial charge in [-0.05, 0) is 52.8 Å². The van der Waals surface area contributed by atoms with Crippen molar-refractivity contribution in [2.45, 2.75) is 103 Å². The van der Waals surface area contributed by atoms with Gasteiger partial charge >= 0.3 is 5.97 Å². The zero-order valence-corrected chi connectivity index (χ0v) is 32.0. The molecule has 0 heterocycles. The summed E-state index contributed by atoms with van der Waals surface area (Å²) in [6, 6.07) is 24.4. The zero-order chi connectivity index (χ0) is 34.2. The number of hydrogen-bond acceptors (Lipinski definition) is 8. The standard InChI is InChI=1S/C36H60O8Si2/c1-11-40-35(37)34(42-28-39-10)33(41-27-38-9)29(5)25-30(44-45(12-2,13-3)14-4)26-43-46(36(6,7)8,31-21-17-15-18-22-31)32-23-19-16-20-24-32/h15-24,29-30,33-34H,11-14,25-28H2,1-10H3/t29-,30+,33+,34-/m1/s1. The van der Waals surface area contributed by atoms with E-state index in [1.54, 1.807) is 14.0 Å². The Morgan fingerprint density at radius 2 is 1.28 bits per heavy atom. The summed E-state index contributed by atoms with van der Waals surface area (Å²) in [4.78, 5) is 13.1. The third-order valence-corrected chi connectivity index (χ3v) is 18.7. The Kier molecular flexibility index (Phi) is 17.3. The van der Waals surface area contributed by atoms with Gasteiger partial charge in [-0.15, -0.1) is 0 Å². The monoisotopic (exact) mass is 676 g/mol. The Morgan fingerprint density at radius 1 is 0.783 bits per heavy atom. The molecule has 0 radical (unpaired) electrons. The van der Waals surface area contributed by atoms with Gasteiger partial charge in [-0.2, -0.15) is 0 Å². The van der Waals surface area contributed by atoms with Crippen molar-refractivity contribution in [2.24, 2.45) is 5.92 Å². The molecule has 0 unspecified atom stereocenters. The fourth-order valence-electron chi connectivity index (χ4n) is 6.39. The number of benzene rings is 2. The van der Waals surface area contributed by atoms with Gasteiger partial charge in [0.1, 0.15) is 19.7 Å². The lowest BCUT2D eigenvalue weighted by Gasteiger charge is -2.44. The zero-order valence-electron chi connectivity index (χ0n) is 30.0. The summed E-state index contributed by atoms with van der Waals surface area (Å²) < 4.78 is 42.5. The average Bonchev–Trinajstić information content (AvgIpc) is 3.05. The third kappa shape index (κ3) is 10.6. The first kappa shape index (κ1) is 40.3. The van der Waals surface area contributed by atoms with Crippen LogP contribution < -0.4 is 10.4 Å². The molecular weight excluding hydrogens is 617 g/mol. The highest BCUT2D eigenvalue weighted by Gasteiger charge is 2.51. The Balaban J connectivity index is 2.60. The Labute approximate surface area is 280 Å². The van der Waals surface area contributed by atoms with Gasteiger partial charge < -0.3 is 32.5 Å². The summed E-state index contributed by atoms with van der Waals surface area (Å²) >= 11 is 0. The van der Waals surface area contributed by atoms with Crippen molar-refractivity contribution in [1.29, 1.82) is 0 Å². The normalized spacial score (nSPS) is 15.3. The van der Waals surface area contributed by atoms with E-state index in [0.717, 1.165) is 18.1 Å². The molecule has 10 heteroatoms. The van der Waals surface area contributed by atoms with Gasteiger partial charge in [0, 0.05) is 14.2 Å². The summed E-state index contributed by atoms with van der Waals surface area (Å²) in [5.74, 6) is -0.667. The first-order valence-corrected chi connectivity index (χ1v) is 21.2. The van der Waals surface area contributed by atoms with E-state index in [9.17, 15) is 4.79 Å². The molecular formula is C36H60O8Si2. The van der Waals surface area contributed by atoms with Crippen molar-refractivity contribution in [3.05, 3.63) is 60.7 Å². The lowest BCUT2D eigenvalue weighted by Crippen LogP contribution is -2.67. The molecule has 260 valence electrons. The molecule has 0 amide bonds. The number of carbonyl (C=O) groups excluding carboxylic acids is 1. The van der Waals surface area contributed by atoms with E-state index in [1.807, 2.05) is 0 Å². The van der Waals surface area contributed by atoms with Gasteiger partial charge in [0.25, 0.3) is 8.32 Å². The Hall–Kier alpha value is -1.90. The average molecular weight is 677 g/mol. The largest absolute Gasteiger partial charge is 0.464 e. The van der Waals surface area contributed by atoms with E-state index in [-0.39, 0.29) is 37.3 Å². The molecule has 0 bridgehead atoms. The SMILES string of the molecule is CCOC(=O)[C@H](OCOC)[C@@H](OCOC)[C@H](C)C[C@@H](CO[Si](c1ccccc1)(c1ccccc1)C(C)(C)C)O[Si](CC)(CC)CC. The molecule has 0 spiro atoms. The van der Waals surface area contributed by atoms with Crippen LogP contribution in [-0.4, -0.2) is 81.9 Å². The highest BCUT2D eigenvalue weighted by Crippen LogP contribution is 2.38. The number of ether oxygens (including phenoxy) is 5. The van der Waals surface area contributed by atoms with Crippen molar-refractivity contribution in [1.82, 2.24) is 0 Å². The first-order chi connectivity index (χ1) is 22.0. The predicted molar refractivity (Wildman–Crippen MR) is 190 cm³/mol. The molecule has 0 saturated carbocycles. The third-order valence-electron chi connectivity index (χ3n) is 9.01. The van der Waals surface area contributed by atoms with Gasteiger partial charge in [0.15, 0.2) is 14.4 Å². The highest BCUT2D eigenvalue weighted by atomic mass is 28.4. The van der Waals surface area contributed by atoms with Crippen LogP contribution in [0.1, 0.15) is 61.8 Å². The van der Waals surface area contributed by atoms with Crippen molar-refractivity contribution >= 4 is 33.0 Å². The molecule has 2 aromatic rings. The van der Waals surface area contributed by atoms with Crippen molar-refractivity contribution in [3.63, 3.8) is 0 Å². The van der Waals surface area contributed by atoms with Crippen molar-refractivity contribution < 1.29 is 37.3 Å². The maximum atomic E-state index is 13.1. The Bertz CT molecular complexity index is 1060. The van der Waals surface area contributed by atoms with Crippen LogP contribution in [0.4, 0.5) is 0 Å². The van der Waals surface area contributed by atoms with Crippen molar-refractivity contribution in [3.8, 4) is 0 Å². The summed E-state index contributed by atoms with van der Waals surface area (Å²) in [7, 11) is -1.80. The van der Waals surface area contributed by atoms with E-state index in [0.29, 0.717) is 13.0 Å². The smallest absolute Gasteiger partial charge is 0.338 e. The summed E-state index contributed by atoms with van der Waals surface area (Å²) in [6.07, 6.45) is -1.29.